The fraction of sp³-hybridized carbons (Fsp3) is 0.261. The van der Waals surface area contributed by atoms with Crippen molar-refractivity contribution < 1.29 is 34.2 Å². The van der Waals surface area contributed by atoms with E-state index in [1.807, 2.05) is 0 Å². The predicted molar refractivity (Wildman–Crippen MR) is 113 cm³/mol. The SMILES string of the molecule is O=C1CCC(N2Cc3ccc(C(=O)N[C@@H](Cc4ccc(O)cc4)C(=O)O)cc3C2=O)C(=O)N1. The molecule has 0 aliphatic carbocycles. The Balaban J connectivity index is 1.48. The van der Waals surface area contributed by atoms with E-state index < -0.39 is 35.8 Å². The van der Waals surface area contributed by atoms with Crippen molar-refractivity contribution in [3.05, 3.63) is 64.7 Å². The normalized spacial score (nSPS) is 18.5. The summed E-state index contributed by atoms with van der Waals surface area (Å²) in [6.07, 6.45) is 0.381. The molecule has 0 saturated carbocycles. The van der Waals surface area contributed by atoms with Crippen molar-refractivity contribution >= 4 is 29.6 Å². The van der Waals surface area contributed by atoms with E-state index in [0.29, 0.717) is 11.1 Å². The van der Waals surface area contributed by atoms with Gasteiger partial charge in [-0.05, 0) is 41.8 Å². The molecule has 1 unspecified atom stereocenters. The molecule has 1 fully saturated rings. The summed E-state index contributed by atoms with van der Waals surface area (Å²) in [4.78, 5) is 62.2. The van der Waals surface area contributed by atoms with E-state index in [9.17, 15) is 34.2 Å². The minimum absolute atomic E-state index is 0.00845. The molecule has 4 N–H and O–H groups in total. The highest BCUT2D eigenvalue weighted by molar-refractivity contribution is 6.06. The van der Waals surface area contributed by atoms with Crippen molar-refractivity contribution in [1.29, 1.82) is 0 Å². The molecule has 10 nitrogen and oxygen atoms in total. The van der Waals surface area contributed by atoms with Gasteiger partial charge in [0.15, 0.2) is 0 Å². The number of benzene rings is 2. The van der Waals surface area contributed by atoms with E-state index in [0.717, 1.165) is 0 Å². The second kappa shape index (κ2) is 8.73. The highest BCUT2D eigenvalue weighted by Crippen LogP contribution is 2.28. The molecule has 0 radical (unpaired) electrons. The maximum absolute atomic E-state index is 12.9. The Bertz CT molecular complexity index is 1160. The topological polar surface area (TPSA) is 153 Å². The van der Waals surface area contributed by atoms with Gasteiger partial charge in [-0.3, -0.25) is 24.5 Å². The smallest absolute Gasteiger partial charge is 0.326 e. The summed E-state index contributed by atoms with van der Waals surface area (Å²) >= 11 is 0. The van der Waals surface area contributed by atoms with Crippen LogP contribution < -0.4 is 10.6 Å². The van der Waals surface area contributed by atoms with Gasteiger partial charge >= 0.3 is 5.97 Å². The number of carbonyl (C=O) groups excluding carboxylic acids is 4. The molecular formula is C23H21N3O7. The fourth-order valence-electron chi connectivity index (χ4n) is 4.01. The zero-order valence-corrected chi connectivity index (χ0v) is 17.4. The van der Waals surface area contributed by atoms with E-state index in [4.69, 9.17) is 0 Å². The molecule has 4 amide bonds. The third-order valence-electron chi connectivity index (χ3n) is 5.77. The number of carbonyl (C=O) groups is 5. The molecule has 33 heavy (non-hydrogen) atoms. The van der Waals surface area contributed by atoms with Crippen LogP contribution in [0.4, 0.5) is 0 Å². The standard InChI is InChI=1S/C23H21N3O7/c27-15-5-1-12(2-6-15)9-17(23(32)33)24-20(29)13-3-4-14-11-26(22(31)16(14)10-13)18-7-8-19(28)25-21(18)30/h1-6,10,17-18,27H,7-9,11H2,(H,24,29)(H,32,33)(H,25,28,30)/t17-,18?/m0/s1. The van der Waals surface area contributed by atoms with Crippen LogP contribution in [0.2, 0.25) is 0 Å². The Morgan fingerprint density at radius 3 is 2.52 bits per heavy atom. The Labute approximate surface area is 188 Å². The number of hydrogen-bond acceptors (Lipinski definition) is 6. The molecule has 2 aromatic carbocycles. The third-order valence-corrected chi connectivity index (χ3v) is 5.77. The summed E-state index contributed by atoms with van der Waals surface area (Å²) in [6.45, 7) is 0.181. The first kappa shape index (κ1) is 22.0. The number of carboxylic acids is 1. The molecule has 170 valence electrons. The van der Waals surface area contributed by atoms with Gasteiger partial charge < -0.3 is 20.4 Å². The predicted octanol–water partition coefficient (Wildman–Crippen LogP) is 0.579. The average molecular weight is 451 g/mol. The summed E-state index contributed by atoms with van der Waals surface area (Å²) < 4.78 is 0. The summed E-state index contributed by atoms with van der Waals surface area (Å²) in [5, 5.41) is 23.6. The van der Waals surface area contributed by atoms with Crippen LogP contribution in [0.3, 0.4) is 0 Å². The van der Waals surface area contributed by atoms with E-state index in [-0.39, 0.29) is 48.6 Å². The lowest BCUT2D eigenvalue weighted by atomic mass is 10.0. The van der Waals surface area contributed by atoms with Crippen LogP contribution in [-0.4, -0.2) is 56.8 Å². The van der Waals surface area contributed by atoms with Gasteiger partial charge in [0.2, 0.25) is 11.8 Å². The lowest BCUT2D eigenvalue weighted by molar-refractivity contribution is -0.139. The Morgan fingerprint density at radius 1 is 1.12 bits per heavy atom. The van der Waals surface area contributed by atoms with Gasteiger partial charge in [-0.25, -0.2) is 4.79 Å². The fourth-order valence-corrected chi connectivity index (χ4v) is 4.01. The number of aromatic hydroxyl groups is 1. The third kappa shape index (κ3) is 4.54. The maximum atomic E-state index is 12.9. The number of nitrogens with zero attached hydrogens (tertiary/aromatic N) is 1. The summed E-state index contributed by atoms with van der Waals surface area (Å²) in [6, 6.07) is 8.49. The van der Waals surface area contributed by atoms with Crippen LogP contribution in [0.25, 0.3) is 0 Å². The van der Waals surface area contributed by atoms with Crippen LogP contribution in [0.1, 0.15) is 44.7 Å². The molecule has 2 heterocycles. The highest BCUT2D eigenvalue weighted by atomic mass is 16.4. The monoisotopic (exact) mass is 451 g/mol. The van der Waals surface area contributed by atoms with Crippen molar-refractivity contribution in [1.82, 2.24) is 15.5 Å². The van der Waals surface area contributed by atoms with Crippen LogP contribution >= 0.6 is 0 Å². The van der Waals surface area contributed by atoms with Crippen LogP contribution in [0.15, 0.2) is 42.5 Å². The molecule has 10 heteroatoms. The number of phenolic OH excluding ortho intramolecular Hbond substituents is 1. The van der Waals surface area contributed by atoms with Crippen LogP contribution in [0, 0.1) is 0 Å². The molecule has 2 aromatic rings. The number of hydrogen-bond donors (Lipinski definition) is 4. The molecule has 0 aromatic heterocycles. The van der Waals surface area contributed by atoms with Crippen molar-refractivity contribution in [3.63, 3.8) is 0 Å². The minimum Gasteiger partial charge on any atom is -0.508 e. The Hall–Kier alpha value is -4.21. The summed E-state index contributed by atoms with van der Waals surface area (Å²) in [7, 11) is 0. The first-order valence-electron chi connectivity index (χ1n) is 10.3. The minimum atomic E-state index is -1.22. The van der Waals surface area contributed by atoms with E-state index in [1.54, 1.807) is 18.2 Å². The first-order valence-corrected chi connectivity index (χ1v) is 10.3. The van der Waals surface area contributed by atoms with E-state index in [2.05, 4.69) is 10.6 Å². The average Bonchev–Trinajstić information content (AvgIpc) is 3.10. The second-order valence-electron chi connectivity index (χ2n) is 8.01. The molecule has 2 aliphatic rings. The van der Waals surface area contributed by atoms with Crippen LogP contribution in [0.5, 0.6) is 5.75 Å². The highest BCUT2D eigenvalue weighted by Gasteiger charge is 2.39. The molecule has 2 aliphatic heterocycles. The molecule has 2 atom stereocenters. The second-order valence-corrected chi connectivity index (χ2v) is 8.01. The first-order chi connectivity index (χ1) is 15.7. The number of carboxylic acid groups (broad SMARTS) is 1. The van der Waals surface area contributed by atoms with Gasteiger partial charge in [-0.15, -0.1) is 0 Å². The van der Waals surface area contributed by atoms with Gasteiger partial charge in [0.1, 0.15) is 17.8 Å². The zero-order chi connectivity index (χ0) is 23.7. The van der Waals surface area contributed by atoms with Gasteiger partial charge in [-0.1, -0.05) is 18.2 Å². The quantitative estimate of drug-likeness (QED) is 0.469. The van der Waals surface area contributed by atoms with Gasteiger partial charge in [0, 0.05) is 30.5 Å². The van der Waals surface area contributed by atoms with Gasteiger partial charge in [-0.2, -0.15) is 0 Å². The number of nitrogens with one attached hydrogen (secondary N) is 2. The number of rotatable bonds is 6. The Kier molecular flexibility index (Phi) is 5.82. The zero-order valence-electron chi connectivity index (χ0n) is 17.4. The lowest BCUT2D eigenvalue weighted by Gasteiger charge is -2.29. The number of amides is 4. The number of imide groups is 1. The van der Waals surface area contributed by atoms with Gasteiger partial charge in [0.05, 0.1) is 0 Å². The van der Waals surface area contributed by atoms with Crippen molar-refractivity contribution in [2.24, 2.45) is 0 Å². The number of phenols is 1. The van der Waals surface area contributed by atoms with E-state index in [1.165, 1.54) is 29.2 Å². The number of piperidine rings is 1. The van der Waals surface area contributed by atoms with Gasteiger partial charge in [0.25, 0.3) is 11.8 Å². The van der Waals surface area contributed by atoms with Crippen molar-refractivity contribution in [2.75, 3.05) is 0 Å². The van der Waals surface area contributed by atoms with E-state index >= 15 is 0 Å². The number of aliphatic carboxylic acids is 1. The largest absolute Gasteiger partial charge is 0.508 e. The number of fused-ring (bicyclic) bond motifs is 1. The van der Waals surface area contributed by atoms with Crippen LogP contribution in [-0.2, 0) is 27.3 Å². The molecule has 0 spiro atoms. The molecule has 0 bridgehead atoms. The molecule has 4 rings (SSSR count). The van der Waals surface area contributed by atoms with Crippen molar-refractivity contribution in [2.45, 2.75) is 37.9 Å². The van der Waals surface area contributed by atoms with Crippen molar-refractivity contribution in [3.8, 4) is 5.75 Å². The molecule has 1 saturated heterocycles. The summed E-state index contributed by atoms with van der Waals surface area (Å²) in [5.74, 6) is -3.16. The Morgan fingerprint density at radius 2 is 1.85 bits per heavy atom. The lowest BCUT2D eigenvalue weighted by Crippen LogP contribution is -2.52. The maximum Gasteiger partial charge on any atom is 0.326 e. The molecular weight excluding hydrogens is 430 g/mol. The summed E-state index contributed by atoms with van der Waals surface area (Å²) in [5.41, 5.74) is 1.63.